The largest absolute Gasteiger partial charge is 0.399 e. The van der Waals surface area contributed by atoms with Crippen molar-refractivity contribution in [3.05, 3.63) is 53.4 Å². The monoisotopic (exact) mass is 399 g/mol. The lowest BCUT2D eigenvalue weighted by molar-refractivity contribution is 0.229. The maximum atomic E-state index is 12.2. The molecule has 1 aromatic carbocycles. The lowest BCUT2D eigenvalue weighted by atomic mass is 10.2. The highest BCUT2D eigenvalue weighted by atomic mass is 35.5. The number of carbonyl (C=O) groups is 1. The predicted octanol–water partition coefficient (Wildman–Crippen LogP) is 2.86. The molecule has 8 nitrogen and oxygen atoms in total. The van der Waals surface area contributed by atoms with Crippen LogP contribution in [-0.2, 0) is 0 Å². The number of halogens is 1. The Kier molecular flexibility index (Phi) is 4.72. The van der Waals surface area contributed by atoms with Crippen LogP contribution < -0.4 is 21.3 Å². The second kappa shape index (κ2) is 7.20. The molecule has 2 amide bonds. The lowest BCUT2D eigenvalue weighted by Gasteiger charge is -2.20. The van der Waals surface area contributed by atoms with E-state index in [0.29, 0.717) is 35.6 Å². The molecule has 0 spiro atoms. The van der Waals surface area contributed by atoms with Crippen molar-refractivity contribution >= 4 is 35.1 Å². The zero-order valence-corrected chi connectivity index (χ0v) is 16.3. The summed E-state index contributed by atoms with van der Waals surface area (Å²) in [7, 11) is 1.78. The molecule has 2 aliphatic rings. The summed E-state index contributed by atoms with van der Waals surface area (Å²) in [5.41, 5.74) is 7.38. The molecule has 1 saturated carbocycles. The first-order valence-corrected chi connectivity index (χ1v) is 9.47. The average molecular weight is 400 g/mol. The van der Waals surface area contributed by atoms with Crippen LogP contribution in [0.1, 0.15) is 12.8 Å². The van der Waals surface area contributed by atoms with Crippen molar-refractivity contribution in [2.24, 2.45) is 5.73 Å². The summed E-state index contributed by atoms with van der Waals surface area (Å²) in [6.07, 6.45) is 5.15. The summed E-state index contributed by atoms with van der Waals surface area (Å²) < 4.78 is 0. The Bertz CT molecular complexity index is 928. The highest BCUT2D eigenvalue weighted by Crippen LogP contribution is 2.42. The first kappa shape index (κ1) is 18.4. The SMILES string of the molecule is CN1CCN(c2ccnc(NC3(/C(N)=C/Nc4ccccc4Cl)CC3)n2)C1=O. The van der Waals surface area contributed by atoms with Crippen LogP contribution in [0.25, 0.3) is 0 Å². The van der Waals surface area contributed by atoms with E-state index in [1.54, 1.807) is 35.3 Å². The fourth-order valence-corrected chi connectivity index (χ4v) is 3.31. The molecule has 2 heterocycles. The first-order valence-electron chi connectivity index (χ1n) is 9.10. The highest BCUT2D eigenvalue weighted by molar-refractivity contribution is 6.33. The Morgan fingerprint density at radius 2 is 2.07 bits per heavy atom. The van der Waals surface area contributed by atoms with Gasteiger partial charge in [-0.1, -0.05) is 23.7 Å². The van der Waals surface area contributed by atoms with Crippen molar-refractivity contribution in [1.29, 1.82) is 0 Å². The van der Waals surface area contributed by atoms with E-state index >= 15 is 0 Å². The Hall–Kier alpha value is -3.00. The molecule has 1 aromatic heterocycles. The summed E-state index contributed by atoms with van der Waals surface area (Å²) in [5, 5.41) is 7.11. The molecule has 9 heteroatoms. The van der Waals surface area contributed by atoms with Crippen molar-refractivity contribution in [3.8, 4) is 0 Å². The van der Waals surface area contributed by atoms with Crippen molar-refractivity contribution in [3.63, 3.8) is 0 Å². The number of nitrogens with two attached hydrogens (primary N) is 1. The van der Waals surface area contributed by atoms with Gasteiger partial charge in [0.05, 0.1) is 21.9 Å². The number of hydrogen-bond donors (Lipinski definition) is 3. The molecule has 0 unspecified atom stereocenters. The van der Waals surface area contributed by atoms with Gasteiger partial charge in [-0.05, 0) is 31.0 Å². The third kappa shape index (κ3) is 3.55. The fraction of sp³-hybridized carbons (Fsp3) is 0.316. The molecule has 1 saturated heterocycles. The van der Waals surface area contributed by atoms with Crippen LogP contribution in [0.15, 0.2) is 48.4 Å². The number of anilines is 3. The number of aromatic nitrogens is 2. The summed E-state index contributed by atoms with van der Waals surface area (Å²) >= 11 is 6.17. The van der Waals surface area contributed by atoms with E-state index in [1.807, 2.05) is 24.3 Å². The van der Waals surface area contributed by atoms with Crippen molar-refractivity contribution in [1.82, 2.24) is 14.9 Å². The number of likely N-dealkylation sites (N-methyl/N-ethyl adjacent to an activating group) is 1. The van der Waals surface area contributed by atoms with Crippen LogP contribution in [0.5, 0.6) is 0 Å². The molecule has 4 rings (SSSR count). The van der Waals surface area contributed by atoms with E-state index in [0.717, 1.165) is 18.5 Å². The minimum atomic E-state index is -0.390. The molecular formula is C19H22ClN7O. The van der Waals surface area contributed by atoms with Gasteiger partial charge in [0.1, 0.15) is 5.82 Å². The van der Waals surface area contributed by atoms with Crippen LogP contribution in [0.2, 0.25) is 5.02 Å². The number of nitrogens with zero attached hydrogens (tertiary/aromatic N) is 4. The molecule has 0 radical (unpaired) electrons. The van der Waals surface area contributed by atoms with Crippen LogP contribution in [0.3, 0.4) is 0 Å². The van der Waals surface area contributed by atoms with E-state index < -0.39 is 5.54 Å². The number of nitrogens with one attached hydrogen (secondary N) is 2. The average Bonchev–Trinajstić information content (AvgIpc) is 3.40. The third-order valence-corrected chi connectivity index (χ3v) is 5.37. The van der Waals surface area contributed by atoms with E-state index in [1.165, 1.54) is 0 Å². The molecule has 146 valence electrons. The molecule has 1 aliphatic heterocycles. The van der Waals surface area contributed by atoms with E-state index in [9.17, 15) is 4.79 Å². The molecule has 2 fully saturated rings. The minimum absolute atomic E-state index is 0.0610. The van der Waals surface area contributed by atoms with Crippen LogP contribution in [0, 0.1) is 0 Å². The zero-order valence-electron chi connectivity index (χ0n) is 15.5. The molecule has 28 heavy (non-hydrogen) atoms. The predicted molar refractivity (Wildman–Crippen MR) is 110 cm³/mol. The Labute approximate surface area is 168 Å². The maximum Gasteiger partial charge on any atom is 0.325 e. The molecule has 2 aromatic rings. The maximum absolute atomic E-state index is 12.2. The van der Waals surface area contributed by atoms with Gasteiger partial charge in [-0.2, -0.15) is 4.98 Å². The third-order valence-electron chi connectivity index (χ3n) is 5.04. The minimum Gasteiger partial charge on any atom is -0.399 e. The number of para-hydroxylation sites is 1. The van der Waals surface area contributed by atoms with Crippen LogP contribution in [-0.4, -0.2) is 46.6 Å². The number of carbonyl (C=O) groups excluding carboxylic acids is 1. The standard InChI is InChI=1S/C19H22ClN7O/c1-26-10-11-27(18(26)28)16-6-9-22-17(24-16)25-19(7-8-19)15(21)12-23-14-5-3-2-4-13(14)20/h2-6,9,12,23H,7-8,10-11,21H2,1H3,(H,22,24,25)/b15-12-. The molecule has 1 aliphatic carbocycles. The van der Waals surface area contributed by atoms with Gasteiger partial charge in [-0.3, -0.25) is 4.90 Å². The van der Waals surface area contributed by atoms with Gasteiger partial charge in [0.15, 0.2) is 0 Å². The van der Waals surface area contributed by atoms with Gasteiger partial charge in [0.2, 0.25) is 5.95 Å². The molecule has 0 atom stereocenters. The second-order valence-electron chi connectivity index (χ2n) is 7.03. The van der Waals surface area contributed by atoms with Gasteiger partial charge >= 0.3 is 6.03 Å². The number of hydrogen-bond acceptors (Lipinski definition) is 6. The van der Waals surface area contributed by atoms with E-state index in [-0.39, 0.29) is 6.03 Å². The second-order valence-corrected chi connectivity index (χ2v) is 7.43. The fourth-order valence-electron chi connectivity index (χ4n) is 3.12. The summed E-state index contributed by atoms with van der Waals surface area (Å²) in [5.74, 6) is 1.03. The summed E-state index contributed by atoms with van der Waals surface area (Å²) in [6.45, 7) is 1.29. The zero-order chi connectivity index (χ0) is 19.7. The highest BCUT2D eigenvalue weighted by Gasteiger charge is 2.46. The number of benzene rings is 1. The van der Waals surface area contributed by atoms with Gasteiger partial charge in [-0.15, -0.1) is 0 Å². The summed E-state index contributed by atoms with van der Waals surface area (Å²) in [6, 6.07) is 9.15. The first-order chi connectivity index (χ1) is 13.5. The molecular weight excluding hydrogens is 378 g/mol. The van der Waals surface area contributed by atoms with E-state index in [4.69, 9.17) is 17.3 Å². The Balaban J connectivity index is 1.48. The molecule has 4 N–H and O–H groups in total. The van der Waals surface area contributed by atoms with Crippen LogP contribution >= 0.6 is 11.6 Å². The topological polar surface area (TPSA) is 99.4 Å². The summed E-state index contributed by atoms with van der Waals surface area (Å²) in [4.78, 5) is 24.3. The Morgan fingerprint density at radius 1 is 1.29 bits per heavy atom. The van der Waals surface area contributed by atoms with Crippen LogP contribution in [0.4, 0.5) is 22.2 Å². The van der Waals surface area contributed by atoms with E-state index in [2.05, 4.69) is 20.6 Å². The smallest absolute Gasteiger partial charge is 0.325 e. The Morgan fingerprint density at radius 3 is 2.75 bits per heavy atom. The lowest BCUT2D eigenvalue weighted by Crippen LogP contribution is -2.32. The number of urea groups is 1. The molecule has 0 bridgehead atoms. The van der Waals surface area contributed by atoms with Gasteiger partial charge < -0.3 is 21.3 Å². The van der Waals surface area contributed by atoms with Gasteiger partial charge in [0.25, 0.3) is 0 Å². The number of rotatable bonds is 6. The van der Waals surface area contributed by atoms with Crippen molar-refractivity contribution in [2.75, 3.05) is 35.7 Å². The van der Waals surface area contributed by atoms with Gasteiger partial charge in [0, 0.05) is 32.5 Å². The normalized spacial score (nSPS) is 18.4. The van der Waals surface area contributed by atoms with Crippen molar-refractivity contribution in [2.45, 2.75) is 18.4 Å². The quantitative estimate of drug-likeness (QED) is 0.690. The van der Waals surface area contributed by atoms with Gasteiger partial charge in [-0.25, -0.2) is 9.78 Å². The van der Waals surface area contributed by atoms with Crippen molar-refractivity contribution < 1.29 is 4.79 Å². The number of amides is 2.